The van der Waals surface area contributed by atoms with E-state index in [0.717, 1.165) is 11.3 Å². The maximum atomic E-state index is 11.6. The third-order valence-corrected chi connectivity index (χ3v) is 5.24. The number of nitrogens with one attached hydrogen (secondary N) is 2. The summed E-state index contributed by atoms with van der Waals surface area (Å²) < 4.78 is 25.5. The van der Waals surface area contributed by atoms with Gasteiger partial charge in [-0.15, -0.1) is 0 Å². The van der Waals surface area contributed by atoms with E-state index in [1.54, 1.807) is 18.2 Å². The number of halogens is 2. The van der Waals surface area contributed by atoms with Gasteiger partial charge in [-0.25, -0.2) is 13.1 Å². The smallest absolute Gasteiger partial charge is 0.240 e. The van der Waals surface area contributed by atoms with E-state index in [2.05, 4.69) is 10.0 Å². The van der Waals surface area contributed by atoms with Crippen LogP contribution in [0, 0.1) is 0 Å². The second kappa shape index (κ2) is 6.66. The van der Waals surface area contributed by atoms with Crippen molar-refractivity contribution >= 4 is 38.9 Å². The first-order chi connectivity index (χ1) is 9.94. The fourth-order valence-electron chi connectivity index (χ4n) is 1.75. The summed E-state index contributed by atoms with van der Waals surface area (Å²) in [6.07, 6.45) is 0. The molecule has 112 valence electrons. The van der Waals surface area contributed by atoms with Gasteiger partial charge in [0.2, 0.25) is 10.0 Å². The molecule has 0 bridgehead atoms. The Bertz CT molecular complexity index is 731. The number of anilines is 1. The second-order valence-corrected chi connectivity index (χ2v) is 6.97. The first-order valence-electron chi connectivity index (χ1n) is 6.14. The van der Waals surface area contributed by atoms with Crippen LogP contribution in [0.3, 0.4) is 0 Å². The standard InChI is InChI=1S/C14H14Cl2N2O2S/c1-17-21(19,20)12-7-5-11(6-8-12)18-9-10-3-2-4-13(15)14(10)16/h2-8,17-18H,9H2,1H3. The molecule has 2 aromatic carbocycles. The van der Waals surface area contributed by atoms with Crippen LogP contribution in [0.15, 0.2) is 47.4 Å². The zero-order valence-electron chi connectivity index (χ0n) is 11.2. The molecule has 21 heavy (non-hydrogen) atoms. The van der Waals surface area contributed by atoms with E-state index >= 15 is 0 Å². The fourth-order valence-corrected chi connectivity index (χ4v) is 2.87. The van der Waals surface area contributed by atoms with Crippen LogP contribution < -0.4 is 10.0 Å². The quantitative estimate of drug-likeness (QED) is 0.872. The van der Waals surface area contributed by atoms with Gasteiger partial charge in [0.1, 0.15) is 0 Å². The van der Waals surface area contributed by atoms with Gasteiger partial charge in [-0.3, -0.25) is 0 Å². The highest BCUT2D eigenvalue weighted by Gasteiger charge is 2.10. The Balaban J connectivity index is 2.09. The van der Waals surface area contributed by atoms with Gasteiger partial charge < -0.3 is 5.32 Å². The SMILES string of the molecule is CNS(=O)(=O)c1ccc(NCc2cccc(Cl)c2Cl)cc1. The highest BCUT2D eigenvalue weighted by Crippen LogP contribution is 2.26. The van der Waals surface area contributed by atoms with Crippen molar-refractivity contribution in [2.75, 3.05) is 12.4 Å². The Kier molecular flexibility index (Phi) is 5.11. The van der Waals surface area contributed by atoms with Gasteiger partial charge in [0, 0.05) is 12.2 Å². The second-order valence-electron chi connectivity index (χ2n) is 4.30. The van der Waals surface area contributed by atoms with Gasteiger partial charge in [-0.05, 0) is 42.9 Å². The Morgan fingerprint density at radius 1 is 1.05 bits per heavy atom. The normalized spacial score (nSPS) is 11.4. The number of rotatable bonds is 5. The molecule has 0 heterocycles. The molecule has 0 amide bonds. The molecule has 0 aliphatic rings. The van der Waals surface area contributed by atoms with Gasteiger partial charge in [0.25, 0.3) is 0 Å². The van der Waals surface area contributed by atoms with E-state index in [1.165, 1.54) is 19.2 Å². The first-order valence-corrected chi connectivity index (χ1v) is 8.38. The van der Waals surface area contributed by atoms with Crippen LogP contribution in [-0.4, -0.2) is 15.5 Å². The topological polar surface area (TPSA) is 58.2 Å². The molecule has 0 aromatic heterocycles. The molecule has 0 unspecified atom stereocenters. The summed E-state index contributed by atoms with van der Waals surface area (Å²) in [4.78, 5) is 0.219. The molecule has 0 fully saturated rings. The molecular formula is C14H14Cl2N2O2S. The lowest BCUT2D eigenvalue weighted by atomic mass is 10.2. The molecule has 2 aromatic rings. The summed E-state index contributed by atoms with van der Waals surface area (Å²) in [5, 5.41) is 4.19. The third kappa shape index (κ3) is 3.89. The summed E-state index contributed by atoms with van der Waals surface area (Å²) in [5.41, 5.74) is 1.66. The van der Waals surface area contributed by atoms with Gasteiger partial charge >= 0.3 is 0 Å². The molecule has 0 saturated heterocycles. The van der Waals surface area contributed by atoms with Crippen molar-refractivity contribution in [1.29, 1.82) is 0 Å². The molecule has 4 nitrogen and oxygen atoms in total. The molecule has 0 aliphatic carbocycles. The predicted molar refractivity (Wildman–Crippen MR) is 86.5 cm³/mol. The average molecular weight is 345 g/mol. The Labute approximate surface area is 134 Å². The van der Waals surface area contributed by atoms with Gasteiger partial charge in [0.05, 0.1) is 14.9 Å². The van der Waals surface area contributed by atoms with Crippen LogP contribution in [-0.2, 0) is 16.6 Å². The molecule has 0 saturated carbocycles. The van der Waals surface area contributed by atoms with Crippen molar-refractivity contribution in [2.45, 2.75) is 11.4 Å². The summed E-state index contributed by atoms with van der Waals surface area (Å²) >= 11 is 12.1. The lowest BCUT2D eigenvalue weighted by Gasteiger charge is -2.10. The summed E-state index contributed by atoms with van der Waals surface area (Å²) in [5.74, 6) is 0. The molecule has 0 spiro atoms. The Morgan fingerprint density at radius 2 is 1.71 bits per heavy atom. The monoisotopic (exact) mass is 344 g/mol. The first kappa shape index (κ1) is 16.1. The summed E-state index contributed by atoms with van der Waals surface area (Å²) in [7, 11) is -2.03. The van der Waals surface area contributed by atoms with Crippen molar-refractivity contribution in [2.24, 2.45) is 0 Å². The zero-order valence-corrected chi connectivity index (χ0v) is 13.6. The minimum absolute atomic E-state index is 0.219. The van der Waals surface area contributed by atoms with Crippen LogP contribution in [0.2, 0.25) is 10.0 Å². The molecule has 0 radical (unpaired) electrons. The van der Waals surface area contributed by atoms with Crippen molar-refractivity contribution in [1.82, 2.24) is 4.72 Å². The maximum absolute atomic E-state index is 11.6. The Hall–Kier alpha value is -1.27. The van der Waals surface area contributed by atoms with E-state index in [0.29, 0.717) is 16.6 Å². The summed E-state index contributed by atoms with van der Waals surface area (Å²) in [6, 6.07) is 11.9. The van der Waals surface area contributed by atoms with Crippen LogP contribution in [0.4, 0.5) is 5.69 Å². The van der Waals surface area contributed by atoms with Crippen molar-refractivity contribution in [3.05, 3.63) is 58.1 Å². The van der Waals surface area contributed by atoms with E-state index < -0.39 is 10.0 Å². The van der Waals surface area contributed by atoms with Gasteiger partial charge in [-0.1, -0.05) is 35.3 Å². The van der Waals surface area contributed by atoms with E-state index in [1.807, 2.05) is 12.1 Å². The fraction of sp³-hybridized carbons (Fsp3) is 0.143. The highest BCUT2D eigenvalue weighted by molar-refractivity contribution is 7.89. The lowest BCUT2D eigenvalue weighted by Crippen LogP contribution is -2.18. The lowest BCUT2D eigenvalue weighted by molar-refractivity contribution is 0.588. The summed E-state index contributed by atoms with van der Waals surface area (Å²) in [6.45, 7) is 0.498. The van der Waals surface area contributed by atoms with Crippen LogP contribution in [0.5, 0.6) is 0 Å². The molecular weight excluding hydrogens is 331 g/mol. The van der Waals surface area contributed by atoms with Crippen LogP contribution >= 0.6 is 23.2 Å². The maximum Gasteiger partial charge on any atom is 0.240 e. The number of hydrogen-bond acceptors (Lipinski definition) is 3. The number of benzene rings is 2. The molecule has 2 N–H and O–H groups in total. The highest BCUT2D eigenvalue weighted by atomic mass is 35.5. The minimum Gasteiger partial charge on any atom is -0.381 e. The number of sulfonamides is 1. The van der Waals surface area contributed by atoms with Crippen LogP contribution in [0.25, 0.3) is 0 Å². The van der Waals surface area contributed by atoms with Crippen LogP contribution in [0.1, 0.15) is 5.56 Å². The van der Waals surface area contributed by atoms with E-state index in [-0.39, 0.29) is 4.90 Å². The predicted octanol–water partition coefficient (Wildman–Crippen LogP) is 3.51. The van der Waals surface area contributed by atoms with Gasteiger partial charge in [0.15, 0.2) is 0 Å². The minimum atomic E-state index is -3.41. The Morgan fingerprint density at radius 3 is 2.33 bits per heavy atom. The van der Waals surface area contributed by atoms with Crippen molar-refractivity contribution < 1.29 is 8.42 Å². The molecule has 0 atom stereocenters. The largest absolute Gasteiger partial charge is 0.381 e. The van der Waals surface area contributed by atoms with Gasteiger partial charge in [-0.2, -0.15) is 0 Å². The molecule has 0 aliphatic heterocycles. The van der Waals surface area contributed by atoms with E-state index in [9.17, 15) is 8.42 Å². The third-order valence-electron chi connectivity index (χ3n) is 2.95. The zero-order chi connectivity index (χ0) is 15.5. The average Bonchev–Trinajstić information content (AvgIpc) is 2.49. The van der Waals surface area contributed by atoms with Crippen molar-refractivity contribution in [3.63, 3.8) is 0 Å². The molecule has 2 rings (SSSR count). The van der Waals surface area contributed by atoms with E-state index in [4.69, 9.17) is 23.2 Å². The molecule has 7 heteroatoms. The number of hydrogen-bond donors (Lipinski definition) is 2. The van der Waals surface area contributed by atoms with Crippen molar-refractivity contribution in [3.8, 4) is 0 Å².